The van der Waals surface area contributed by atoms with E-state index >= 15 is 0 Å². The third-order valence-electron chi connectivity index (χ3n) is 6.00. The first-order chi connectivity index (χ1) is 13.2. The first-order valence-corrected chi connectivity index (χ1v) is 9.71. The lowest BCUT2D eigenvalue weighted by Gasteiger charge is -2.40. The number of nitrogens with zero attached hydrogens (tertiary/aromatic N) is 5. The van der Waals surface area contributed by atoms with Crippen LogP contribution >= 0.6 is 0 Å². The summed E-state index contributed by atoms with van der Waals surface area (Å²) in [5.41, 5.74) is 1.00. The van der Waals surface area contributed by atoms with Gasteiger partial charge in [-0.3, -0.25) is 0 Å². The van der Waals surface area contributed by atoms with Crippen LogP contribution in [0.25, 0.3) is 0 Å². The molecule has 0 N–H and O–H groups in total. The summed E-state index contributed by atoms with van der Waals surface area (Å²) < 4.78 is 14.3. The number of hydrogen-bond donors (Lipinski definition) is 0. The zero-order valence-corrected chi connectivity index (χ0v) is 15.4. The highest BCUT2D eigenvalue weighted by Gasteiger charge is 2.30. The number of anilines is 2. The summed E-state index contributed by atoms with van der Waals surface area (Å²) in [5, 5.41) is 8.89. The van der Waals surface area contributed by atoms with E-state index in [1.54, 1.807) is 24.5 Å². The molecule has 0 amide bonds. The Morgan fingerprint density at radius 2 is 1.52 bits per heavy atom. The Balaban J connectivity index is 1.31. The molecule has 2 aromatic rings. The van der Waals surface area contributed by atoms with E-state index in [-0.39, 0.29) is 5.82 Å². The Kier molecular flexibility index (Phi) is 5.19. The lowest BCUT2D eigenvalue weighted by Crippen LogP contribution is -2.41. The summed E-state index contributed by atoms with van der Waals surface area (Å²) in [4.78, 5) is 13.1. The van der Waals surface area contributed by atoms with Gasteiger partial charge < -0.3 is 9.80 Å². The molecule has 2 aliphatic heterocycles. The Morgan fingerprint density at radius 1 is 0.926 bits per heavy atom. The van der Waals surface area contributed by atoms with Crippen LogP contribution in [0.15, 0.2) is 36.7 Å². The molecule has 27 heavy (non-hydrogen) atoms. The molecule has 0 saturated carbocycles. The van der Waals surface area contributed by atoms with Gasteiger partial charge in [0, 0.05) is 38.6 Å². The maximum atomic E-state index is 14.3. The zero-order valence-electron chi connectivity index (χ0n) is 15.4. The number of hydrogen-bond acceptors (Lipinski definition) is 5. The van der Waals surface area contributed by atoms with Crippen LogP contribution in [0, 0.1) is 29.0 Å². The summed E-state index contributed by atoms with van der Waals surface area (Å²) in [6.45, 7) is 3.79. The fourth-order valence-corrected chi connectivity index (χ4v) is 4.47. The SMILES string of the molecule is N#Cc1ccc(N2CCC(C3CCN(c4ncccn4)CC3)CC2)c(F)c1. The molecular formula is C21H24FN5. The Labute approximate surface area is 159 Å². The molecule has 4 rings (SSSR count). The van der Waals surface area contributed by atoms with Crippen molar-refractivity contribution < 1.29 is 4.39 Å². The predicted octanol–water partition coefficient (Wildman–Crippen LogP) is 3.62. The highest BCUT2D eigenvalue weighted by molar-refractivity contribution is 5.51. The molecular weight excluding hydrogens is 341 g/mol. The molecule has 5 nitrogen and oxygen atoms in total. The highest BCUT2D eigenvalue weighted by atomic mass is 19.1. The normalized spacial score (nSPS) is 19.1. The summed E-state index contributed by atoms with van der Waals surface area (Å²) >= 11 is 0. The summed E-state index contributed by atoms with van der Waals surface area (Å²) in [6.07, 6.45) is 8.15. The first kappa shape index (κ1) is 17.7. The van der Waals surface area contributed by atoms with Crippen molar-refractivity contribution in [2.24, 2.45) is 11.8 Å². The minimum atomic E-state index is -0.288. The number of benzene rings is 1. The molecule has 0 unspecified atom stereocenters. The minimum Gasteiger partial charge on any atom is -0.369 e. The van der Waals surface area contributed by atoms with Gasteiger partial charge in [0.1, 0.15) is 5.82 Å². The maximum Gasteiger partial charge on any atom is 0.225 e. The van der Waals surface area contributed by atoms with E-state index in [9.17, 15) is 4.39 Å². The van der Waals surface area contributed by atoms with E-state index in [1.165, 1.54) is 18.9 Å². The molecule has 2 aliphatic rings. The monoisotopic (exact) mass is 365 g/mol. The molecule has 2 saturated heterocycles. The second kappa shape index (κ2) is 7.91. The van der Waals surface area contributed by atoms with Gasteiger partial charge in [-0.05, 0) is 61.8 Å². The van der Waals surface area contributed by atoms with Gasteiger partial charge in [-0.25, -0.2) is 14.4 Å². The van der Waals surface area contributed by atoms with Crippen molar-refractivity contribution in [1.29, 1.82) is 5.26 Å². The van der Waals surface area contributed by atoms with Gasteiger partial charge in [0.15, 0.2) is 0 Å². The van der Waals surface area contributed by atoms with Crippen LogP contribution in [0.4, 0.5) is 16.0 Å². The van der Waals surface area contributed by atoms with Crippen LogP contribution in [0.1, 0.15) is 31.2 Å². The van der Waals surface area contributed by atoms with Crippen LogP contribution in [-0.2, 0) is 0 Å². The fraction of sp³-hybridized carbons (Fsp3) is 0.476. The lowest BCUT2D eigenvalue weighted by molar-refractivity contribution is 0.232. The molecule has 0 radical (unpaired) electrons. The highest BCUT2D eigenvalue weighted by Crippen LogP contribution is 2.35. The van der Waals surface area contributed by atoms with Gasteiger partial charge in [-0.2, -0.15) is 5.26 Å². The van der Waals surface area contributed by atoms with E-state index in [0.717, 1.165) is 50.9 Å². The minimum absolute atomic E-state index is 0.288. The molecule has 3 heterocycles. The Morgan fingerprint density at radius 3 is 2.07 bits per heavy atom. The molecule has 0 atom stereocenters. The molecule has 0 bridgehead atoms. The van der Waals surface area contributed by atoms with E-state index in [0.29, 0.717) is 17.2 Å². The quantitative estimate of drug-likeness (QED) is 0.831. The van der Waals surface area contributed by atoms with Crippen LogP contribution in [-0.4, -0.2) is 36.1 Å². The van der Waals surface area contributed by atoms with Gasteiger partial charge >= 0.3 is 0 Å². The van der Waals surface area contributed by atoms with Crippen LogP contribution in [0.5, 0.6) is 0 Å². The molecule has 0 spiro atoms. The van der Waals surface area contributed by atoms with Crippen molar-refractivity contribution in [3.8, 4) is 6.07 Å². The predicted molar refractivity (Wildman–Crippen MR) is 103 cm³/mol. The van der Waals surface area contributed by atoms with Crippen molar-refractivity contribution in [1.82, 2.24) is 9.97 Å². The maximum absolute atomic E-state index is 14.3. The van der Waals surface area contributed by atoms with Gasteiger partial charge in [-0.1, -0.05) is 0 Å². The van der Waals surface area contributed by atoms with E-state index in [2.05, 4.69) is 19.8 Å². The largest absolute Gasteiger partial charge is 0.369 e. The third kappa shape index (κ3) is 3.87. The number of halogens is 1. The second-order valence-corrected chi connectivity index (χ2v) is 7.48. The second-order valence-electron chi connectivity index (χ2n) is 7.48. The van der Waals surface area contributed by atoms with Crippen molar-refractivity contribution in [2.75, 3.05) is 36.0 Å². The van der Waals surface area contributed by atoms with Crippen LogP contribution < -0.4 is 9.80 Å². The van der Waals surface area contributed by atoms with Gasteiger partial charge in [0.25, 0.3) is 0 Å². The number of nitriles is 1. The van der Waals surface area contributed by atoms with Gasteiger partial charge in [-0.15, -0.1) is 0 Å². The average Bonchev–Trinajstić information content (AvgIpc) is 2.74. The van der Waals surface area contributed by atoms with E-state index < -0.39 is 0 Å². The first-order valence-electron chi connectivity index (χ1n) is 9.71. The molecule has 0 aliphatic carbocycles. The van der Waals surface area contributed by atoms with Crippen molar-refractivity contribution in [2.45, 2.75) is 25.7 Å². The lowest BCUT2D eigenvalue weighted by atomic mass is 9.78. The topological polar surface area (TPSA) is 56.1 Å². The summed E-state index contributed by atoms with van der Waals surface area (Å²) in [5.74, 6) is 1.99. The Bertz CT molecular complexity index is 803. The molecule has 140 valence electrons. The number of rotatable bonds is 3. The van der Waals surface area contributed by atoms with Crippen molar-refractivity contribution in [3.63, 3.8) is 0 Å². The molecule has 6 heteroatoms. The number of piperidine rings is 2. The molecule has 1 aromatic carbocycles. The fourth-order valence-electron chi connectivity index (χ4n) is 4.47. The van der Waals surface area contributed by atoms with Crippen molar-refractivity contribution >= 4 is 11.6 Å². The Hall–Kier alpha value is -2.68. The summed E-state index contributed by atoms with van der Waals surface area (Å²) in [7, 11) is 0. The molecule has 1 aromatic heterocycles. The number of aromatic nitrogens is 2. The van der Waals surface area contributed by atoms with E-state index in [4.69, 9.17) is 5.26 Å². The van der Waals surface area contributed by atoms with Gasteiger partial charge in [0.2, 0.25) is 5.95 Å². The standard InChI is InChI=1S/C21H24FN5/c22-19-14-16(15-23)2-3-20(19)26-10-4-17(5-11-26)18-6-12-27(13-7-18)21-24-8-1-9-25-21/h1-3,8-9,14,17-18H,4-7,10-13H2. The molecule has 2 fully saturated rings. The van der Waals surface area contributed by atoms with E-state index in [1.807, 2.05) is 12.1 Å². The average molecular weight is 365 g/mol. The zero-order chi connectivity index (χ0) is 18.6. The van der Waals surface area contributed by atoms with Crippen LogP contribution in [0.3, 0.4) is 0 Å². The summed E-state index contributed by atoms with van der Waals surface area (Å²) in [6, 6.07) is 8.62. The van der Waals surface area contributed by atoms with Crippen LogP contribution in [0.2, 0.25) is 0 Å². The third-order valence-corrected chi connectivity index (χ3v) is 6.00. The van der Waals surface area contributed by atoms with Crippen molar-refractivity contribution in [3.05, 3.63) is 48.0 Å². The van der Waals surface area contributed by atoms with Gasteiger partial charge in [0.05, 0.1) is 17.3 Å². The smallest absolute Gasteiger partial charge is 0.225 e.